The van der Waals surface area contributed by atoms with Gasteiger partial charge in [0.15, 0.2) is 0 Å². The van der Waals surface area contributed by atoms with E-state index in [1.165, 1.54) is 22.6 Å². The van der Waals surface area contributed by atoms with Crippen molar-refractivity contribution in [1.82, 2.24) is 9.97 Å². The van der Waals surface area contributed by atoms with Gasteiger partial charge in [0.2, 0.25) is 0 Å². The quantitative estimate of drug-likeness (QED) is 0.564. The third kappa shape index (κ3) is 3.16. The van der Waals surface area contributed by atoms with Gasteiger partial charge in [-0.2, -0.15) is 0 Å². The van der Waals surface area contributed by atoms with Gasteiger partial charge in [-0.25, -0.2) is 15.8 Å². The molecule has 0 amide bonds. The van der Waals surface area contributed by atoms with Gasteiger partial charge < -0.3 is 10.7 Å². The molecular formula is C15H21N5S. The summed E-state index contributed by atoms with van der Waals surface area (Å²) in [4.78, 5) is 11.9. The van der Waals surface area contributed by atoms with Gasteiger partial charge in [0.05, 0.1) is 6.54 Å². The fourth-order valence-electron chi connectivity index (χ4n) is 2.25. The van der Waals surface area contributed by atoms with Crippen LogP contribution in [0.5, 0.6) is 0 Å². The predicted octanol–water partition coefficient (Wildman–Crippen LogP) is 3.18. The molecule has 0 aromatic carbocycles. The number of rotatable bonds is 6. The molecule has 112 valence electrons. The Balaban J connectivity index is 1.78. The van der Waals surface area contributed by atoms with Gasteiger partial charge in [-0.15, -0.1) is 11.3 Å². The number of aromatic nitrogens is 2. The lowest BCUT2D eigenvalue weighted by atomic mass is 10.2. The molecule has 2 aromatic rings. The zero-order chi connectivity index (χ0) is 14.8. The van der Waals surface area contributed by atoms with E-state index in [1.54, 1.807) is 0 Å². The van der Waals surface area contributed by atoms with E-state index in [1.807, 2.05) is 18.3 Å². The first-order valence-electron chi connectivity index (χ1n) is 7.37. The summed E-state index contributed by atoms with van der Waals surface area (Å²) in [5.41, 5.74) is 3.65. The lowest BCUT2D eigenvalue weighted by molar-refractivity contribution is 0.911. The fraction of sp³-hybridized carbons (Fsp3) is 0.467. The van der Waals surface area contributed by atoms with Crippen molar-refractivity contribution in [3.05, 3.63) is 33.3 Å². The number of nitrogens with one attached hydrogen (secondary N) is 2. The highest BCUT2D eigenvalue weighted by molar-refractivity contribution is 7.12. The Morgan fingerprint density at radius 2 is 1.95 bits per heavy atom. The molecule has 0 radical (unpaired) electrons. The molecule has 0 spiro atoms. The number of aryl methyl sites for hydroxylation is 1. The molecule has 1 aliphatic rings. The molecule has 1 aliphatic carbocycles. The van der Waals surface area contributed by atoms with Crippen molar-refractivity contribution in [2.75, 3.05) is 10.7 Å². The molecule has 6 heteroatoms. The molecule has 0 bridgehead atoms. The van der Waals surface area contributed by atoms with E-state index in [4.69, 9.17) is 5.84 Å². The van der Waals surface area contributed by atoms with Gasteiger partial charge >= 0.3 is 0 Å². The molecule has 0 saturated heterocycles. The molecule has 1 saturated carbocycles. The van der Waals surface area contributed by atoms with Crippen molar-refractivity contribution in [3.63, 3.8) is 0 Å². The average Bonchev–Trinajstić information content (AvgIpc) is 3.25. The maximum Gasteiger partial charge on any atom is 0.148 e. The zero-order valence-corrected chi connectivity index (χ0v) is 13.3. The molecule has 2 aromatic heterocycles. The largest absolute Gasteiger partial charge is 0.365 e. The van der Waals surface area contributed by atoms with Crippen LogP contribution in [-0.2, 0) is 13.0 Å². The van der Waals surface area contributed by atoms with E-state index in [0.717, 1.165) is 36.0 Å². The topological polar surface area (TPSA) is 75.9 Å². The zero-order valence-electron chi connectivity index (χ0n) is 12.4. The second kappa shape index (κ2) is 5.99. The van der Waals surface area contributed by atoms with Gasteiger partial charge in [0, 0.05) is 21.2 Å². The van der Waals surface area contributed by atoms with Crippen molar-refractivity contribution < 1.29 is 0 Å². The molecule has 0 atom stereocenters. The predicted molar refractivity (Wildman–Crippen MR) is 87.6 cm³/mol. The first-order valence-corrected chi connectivity index (χ1v) is 8.19. The van der Waals surface area contributed by atoms with E-state index < -0.39 is 0 Å². The van der Waals surface area contributed by atoms with E-state index in [2.05, 4.69) is 39.8 Å². The minimum absolute atomic E-state index is 0.506. The van der Waals surface area contributed by atoms with E-state index >= 15 is 0 Å². The summed E-state index contributed by atoms with van der Waals surface area (Å²) < 4.78 is 0. The number of nitrogen functional groups attached to an aromatic ring is 1. The van der Waals surface area contributed by atoms with Crippen molar-refractivity contribution in [2.24, 2.45) is 5.84 Å². The van der Waals surface area contributed by atoms with E-state index in [9.17, 15) is 0 Å². The molecule has 5 nitrogen and oxygen atoms in total. The third-order valence-electron chi connectivity index (χ3n) is 3.74. The normalized spacial score (nSPS) is 14.2. The summed E-state index contributed by atoms with van der Waals surface area (Å²) in [7, 11) is 0. The number of anilines is 2. The number of thiophene rings is 1. The minimum Gasteiger partial charge on any atom is -0.365 e. The second-order valence-corrected chi connectivity index (χ2v) is 6.65. The Kier molecular flexibility index (Phi) is 4.07. The highest BCUT2D eigenvalue weighted by Crippen LogP contribution is 2.39. The number of hydrogen-bond donors (Lipinski definition) is 3. The Morgan fingerprint density at radius 3 is 2.57 bits per heavy atom. The van der Waals surface area contributed by atoms with Crippen molar-refractivity contribution in [3.8, 4) is 0 Å². The Hall–Kier alpha value is -1.66. The molecule has 0 aliphatic heterocycles. The molecular weight excluding hydrogens is 282 g/mol. The Bertz CT molecular complexity index is 633. The summed E-state index contributed by atoms with van der Waals surface area (Å²) in [5, 5.41) is 3.43. The van der Waals surface area contributed by atoms with Crippen LogP contribution in [0.2, 0.25) is 0 Å². The van der Waals surface area contributed by atoms with Crippen LogP contribution in [0.1, 0.15) is 46.8 Å². The SMILES string of the molecule is CCc1ccc(CNc2nc(C3CC3)nc(NN)c2C)s1. The maximum atomic E-state index is 5.57. The monoisotopic (exact) mass is 303 g/mol. The van der Waals surface area contributed by atoms with Crippen LogP contribution in [0.4, 0.5) is 11.6 Å². The number of hydrazine groups is 1. The number of hydrogen-bond acceptors (Lipinski definition) is 6. The fourth-order valence-corrected chi connectivity index (χ4v) is 3.15. The standard InChI is InChI=1S/C15H21N5S/c1-3-11-6-7-12(21-11)8-17-13-9(2)14(20-16)19-15(18-13)10-4-5-10/h6-7,10H,3-5,8,16H2,1-2H3,(H2,17,18,19,20). The molecule has 0 unspecified atom stereocenters. The lowest BCUT2D eigenvalue weighted by Crippen LogP contribution is -2.14. The Labute approximate surface area is 129 Å². The van der Waals surface area contributed by atoms with Gasteiger partial charge in [0.1, 0.15) is 17.5 Å². The molecule has 3 rings (SSSR count). The summed E-state index contributed by atoms with van der Waals surface area (Å²) in [5.74, 6) is 8.58. The van der Waals surface area contributed by atoms with Crippen LogP contribution in [0.25, 0.3) is 0 Å². The van der Waals surface area contributed by atoms with Crippen molar-refractivity contribution >= 4 is 23.0 Å². The molecule has 21 heavy (non-hydrogen) atoms. The second-order valence-electron chi connectivity index (χ2n) is 5.40. The van der Waals surface area contributed by atoms with Crippen LogP contribution < -0.4 is 16.6 Å². The average molecular weight is 303 g/mol. The number of nitrogens with zero attached hydrogens (tertiary/aromatic N) is 2. The smallest absolute Gasteiger partial charge is 0.148 e. The van der Waals surface area contributed by atoms with E-state index in [-0.39, 0.29) is 0 Å². The van der Waals surface area contributed by atoms with Gasteiger partial charge in [0.25, 0.3) is 0 Å². The third-order valence-corrected chi connectivity index (χ3v) is 4.97. The minimum atomic E-state index is 0.506. The first kappa shape index (κ1) is 14.3. The highest BCUT2D eigenvalue weighted by Gasteiger charge is 2.28. The highest BCUT2D eigenvalue weighted by atomic mass is 32.1. The van der Waals surface area contributed by atoms with Crippen LogP contribution >= 0.6 is 11.3 Å². The molecule has 4 N–H and O–H groups in total. The van der Waals surface area contributed by atoms with Crippen LogP contribution in [-0.4, -0.2) is 9.97 Å². The van der Waals surface area contributed by atoms with Crippen molar-refractivity contribution in [2.45, 2.75) is 45.6 Å². The summed E-state index contributed by atoms with van der Waals surface area (Å²) in [6.07, 6.45) is 3.44. The van der Waals surface area contributed by atoms with Gasteiger partial charge in [-0.05, 0) is 38.3 Å². The van der Waals surface area contributed by atoms with Crippen molar-refractivity contribution in [1.29, 1.82) is 0 Å². The molecule has 1 fully saturated rings. The summed E-state index contributed by atoms with van der Waals surface area (Å²) in [6.45, 7) is 4.95. The maximum absolute atomic E-state index is 5.57. The summed E-state index contributed by atoms with van der Waals surface area (Å²) >= 11 is 1.84. The Morgan fingerprint density at radius 1 is 1.24 bits per heavy atom. The molecule has 2 heterocycles. The van der Waals surface area contributed by atoms with Gasteiger partial charge in [-0.1, -0.05) is 6.92 Å². The van der Waals surface area contributed by atoms with Crippen LogP contribution in [0, 0.1) is 6.92 Å². The van der Waals surface area contributed by atoms with E-state index in [0.29, 0.717) is 5.92 Å². The number of nitrogens with two attached hydrogens (primary N) is 1. The van der Waals surface area contributed by atoms with Gasteiger partial charge in [-0.3, -0.25) is 0 Å². The first-order chi connectivity index (χ1) is 10.2. The van der Waals surface area contributed by atoms with Crippen LogP contribution in [0.15, 0.2) is 12.1 Å². The lowest BCUT2D eigenvalue weighted by Gasteiger charge is -2.13. The van der Waals surface area contributed by atoms with Crippen LogP contribution in [0.3, 0.4) is 0 Å². The summed E-state index contributed by atoms with van der Waals surface area (Å²) in [6, 6.07) is 4.37.